The average Bonchev–Trinajstić information content (AvgIpc) is 3.26. The quantitative estimate of drug-likeness (QED) is 0.394. The maximum Gasteiger partial charge on any atom is 0.350 e. The first kappa shape index (κ1) is 21.3. The molecule has 0 aliphatic heterocycles. The van der Waals surface area contributed by atoms with Crippen LogP contribution >= 0.6 is 22.7 Å². The molecule has 2 aromatic heterocycles. The summed E-state index contributed by atoms with van der Waals surface area (Å²) in [5.74, 6) is 0.378. The molecule has 2 N–H and O–H groups in total. The van der Waals surface area contributed by atoms with Gasteiger partial charge in [0.25, 0.3) is 0 Å². The van der Waals surface area contributed by atoms with Gasteiger partial charge in [-0.2, -0.15) is 0 Å². The summed E-state index contributed by atoms with van der Waals surface area (Å²) >= 11 is 3.02. The molecule has 0 amide bonds. The van der Waals surface area contributed by atoms with Crippen LogP contribution in [0.15, 0.2) is 10.4 Å². The lowest BCUT2D eigenvalue weighted by molar-refractivity contribution is 0.0531. The molecule has 9 heteroatoms. The third kappa shape index (κ3) is 6.00. The van der Waals surface area contributed by atoms with Crippen LogP contribution in [0.2, 0.25) is 0 Å². The number of ether oxygens (including phenoxy) is 1. The van der Waals surface area contributed by atoms with Crippen molar-refractivity contribution in [2.75, 3.05) is 13.2 Å². The third-order valence-electron chi connectivity index (χ3n) is 3.64. The van der Waals surface area contributed by atoms with Crippen molar-refractivity contribution in [3.8, 4) is 0 Å². The van der Waals surface area contributed by atoms with Crippen LogP contribution in [0.25, 0.3) is 0 Å². The number of hydrogen-bond donors (Lipinski definition) is 2. The summed E-state index contributed by atoms with van der Waals surface area (Å²) in [7, 11) is 0. The number of nitrogens with zero attached hydrogens (tertiary/aromatic N) is 3. The second-order valence-corrected chi connectivity index (χ2v) is 7.81. The van der Waals surface area contributed by atoms with E-state index >= 15 is 0 Å². The van der Waals surface area contributed by atoms with Crippen LogP contribution in [0.3, 0.4) is 0 Å². The molecule has 0 aliphatic rings. The first-order valence-corrected chi connectivity index (χ1v) is 10.8. The first-order valence-electron chi connectivity index (χ1n) is 9.10. The Labute approximate surface area is 168 Å². The lowest BCUT2D eigenvalue weighted by Gasteiger charge is -2.15. The van der Waals surface area contributed by atoms with Gasteiger partial charge in [-0.3, -0.25) is 0 Å². The molecule has 0 saturated heterocycles. The van der Waals surface area contributed by atoms with Crippen molar-refractivity contribution in [1.82, 2.24) is 20.6 Å². The summed E-state index contributed by atoms with van der Waals surface area (Å²) in [4.78, 5) is 26.2. The minimum Gasteiger partial charge on any atom is -0.462 e. The van der Waals surface area contributed by atoms with Crippen LogP contribution in [-0.2, 0) is 17.7 Å². The van der Waals surface area contributed by atoms with E-state index in [0.717, 1.165) is 28.7 Å². The Morgan fingerprint density at radius 1 is 1.33 bits per heavy atom. The molecule has 7 nitrogen and oxygen atoms in total. The Kier molecular flexibility index (Phi) is 8.18. The van der Waals surface area contributed by atoms with Crippen LogP contribution in [0, 0.1) is 6.92 Å². The number of thiazole rings is 2. The van der Waals surface area contributed by atoms with Gasteiger partial charge in [0, 0.05) is 11.9 Å². The predicted molar refractivity (Wildman–Crippen MR) is 111 cm³/mol. The van der Waals surface area contributed by atoms with Gasteiger partial charge in [-0.1, -0.05) is 6.92 Å². The zero-order valence-electron chi connectivity index (χ0n) is 16.5. The first-order chi connectivity index (χ1) is 13.0. The Morgan fingerprint density at radius 3 is 2.74 bits per heavy atom. The highest BCUT2D eigenvalue weighted by molar-refractivity contribution is 7.13. The van der Waals surface area contributed by atoms with E-state index < -0.39 is 0 Å². The second kappa shape index (κ2) is 10.4. The number of esters is 1. The molecule has 0 fully saturated rings. The van der Waals surface area contributed by atoms with Crippen molar-refractivity contribution in [2.24, 2.45) is 4.99 Å². The molecule has 0 saturated carbocycles. The van der Waals surface area contributed by atoms with Gasteiger partial charge in [-0.25, -0.2) is 19.8 Å². The van der Waals surface area contributed by atoms with E-state index in [2.05, 4.69) is 32.5 Å². The SMILES string of the molecule is CCNC(=NCc1csc(CC)n1)NC(C)c1nc(C)c(C(=O)OCC)s1. The molecule has 27 heavy (non-hydrogen) atoms. The van der Waals surface area contributed by atoms with E-state index in [0.29, 0.717) is 29.7 Å². The predicted octanol–water partition coefficient (Wildman–Crippen LogP) is 3.46. The Bertz CT molecular complexity index is 785. The highest BCUT2D eigenvalue weighted by atomic mass is 32.1. The number of aryl methyl sites for hydroxylation is 2. The fourth-order valence-corrected chi connectivity index (χ4v) is 4.02. The van der Waals surface area contributed by atoms with Crippen molar-refractivity contribution in [2.45, 2.75) is 53.6 Å². The number of aliphatic imine (C=N–C) groups is 1. The van der Waals surface area contributed by atoms with E-state index in [1.807, 2.05) is 26.2 Å². The zero-order valence-corrected chi connectivity index (χ0v) is 18.1. The maximum absolute atomic E-state index is 12.0. The van der Waals surface area contributed by atoms with Crippen LogP contribution in [0.1, 0.15) is 64.8 Å². The maximum atomic E-state index is 12.0. The summed E-state index contributed by atoms with van der Waals surface area (Å²) in [6.07, 6.45) is 0.940. The van der Waals surface area contributed by atoms with Crippen LogP contribution < -0.4 is 10.6 Å². The Morgan fingerprint density at radius 2 is 2.11 bits per heavy atom. The molecule has 0 spiro atoms. The normalized spacial score (nSPS) is 12.7. The monoisotopic (exact) mass is 409 g/mol. The zero-order chi connectivity index (χ0) is 19.8. The molecule has 2 heterocycles. The smallest absolute Gasteiger partial charge is 0.350 e. The fourth-order valence-electron chi connectivity index (χ4n) is 2.32. The van der Waals surface area contributed by atoms with E-state index in [9.17, 15) is 4.79 Å². The van der Waals surface area contributed by atoms with Gasteiger partial charge in [-0.05, 0) is 34.1 Å². The molecular formula is C18H27N5O2S2. The largest absolute Gasteiger partial charge is 0.462 e. The van der Waals surface area contributed by atoms with Crippen LogP contribution in [0.5, 0.6) is 0 Å². The minimum absolute atomic E-state index is 0.0867. The molecule has 0 aliphatic carbocycles. The number of hydrogen-bond acceptors (Lipinski definition) is 7. The summed E-state index contributed by atoms with van der Waals surface area (Å²) in [6.45, 7) is 11.4. The molecule has 1 unspecified atom stereocenters. The van der Waals surface area contributed by atoms with E-state index in [1.54, 1.807) is 18.3 Å². The number of guanidine groups is 1. The van der Waals surface area contributed by atoms with E-state index in [-0.39, 0.29) is 12.0 Å². The van der Waals surface area contributed by atoms with Gasteiger partial charge >= 0.3 is 5.97 Å². The van der Waals surface area contributed by atoms with Gasteiger partial charge in [0.2, 0.25) is 0 Å². The van der Waals surface area contributed by atoms with Crippen LogP contribution in [0.4, 0.5) is 0 Å². The minimum atomic E-state index is -0.318. The van der Waals surface area contributed by atoms with Crippen molar-refractivity contribution < 1.29 is 9.53 Å². The standard InChI is InChI=1S/C18H27N5O2S2/c1-6-14-23-13(10-26-14)9-20-18(19-7-2)22-12(5)16-21-11(4)15(27-16)17(24)25-8-3/h10,12H,6-9H2,1-5H3,(H2,19,20,22). The number of carbonyl (C=O) groups is 1. The van der Waals surface area contributed by atoms with Gasteiger partial charge < -0.3 is 15.4 Å². The molecule has 0 radical (unpaired) electrons. The molecule has 2 rings (SSSR count). The number of carbonyl (C=O) groups excluding carboxylic acids is 1. The molecule has 2 aromatic rings. The number of nitrogens with one attached hydrogen (secondary N) is 2. The van der Waals surface area contributed by atoms with Gasteiger partial charge in [0.15, 0.2) is 5.96 Å². The number of aromatic nitrogens is 2. The van der Waals surface area contributed by atoms with Crippen molar-refractivity contribution in [1.29, 1.82) is 0 Å². The van der Waals surface area contributed by atoms with Gasteiger partial charge in [0.05, 0.1) is 35.6 Å². The molecule has 1 atom stereocenters. The molecule has 0 bridgehead atoms. The molecule has 0 aromatic carbocycles. The van der Waals surface area contributed by atoms with Gasteiger partial charge in [0.1, 0.15) is 9.88 Å². The molecular weight excluding hydrogens is 382 g/mol. The van der Waals surface area contributed by atoms with Crippen molar-refractivity contribution >= 4 is 34.6 Å². The lowest BCUT2D eigenvalue weighted by Crippen LogP contribution is -2.38. The molecule has 148 valence electrons. The Balaban J connectivity index is 2.07. The highest BCUT2D eigenvalue weighted by Gasteiger charge is 2.20. The fraction of sp³-hybridized carbons (Fsp3) is 0.556. The van der Waals surface area contributed by atoms with E-state index in [1.165, 1.54) is 11.3 Å². The van der Waals surface area contributed by atoms with Gasteiger partial charge in [-0.15, -0.1) is 22.7 Å². The topological polar surface area (TPSA) is 88.5 Å². The van der Waals surface area contributed by atoms with Crippen molar-refractivity contribution in [3.05, 3.63) is 31.7 Å². The summed E-state index contributed by atoms with van der Waals surface area (Å²) < 4.78 is 5.09. The lowest BCUT2D eigenvalue weighted by atomic mass is 10.3. The summed E-state index contributed by atoms with van der Waals surface area (Å²) in [5.41, 5.74) is 1.66. The average molecular weight is 410 g/mol. The summed E-state index contributed by atoms with van der Waals surface area (Å²) in [5, 5.41) is 10.6. The highest BCUT2D eigenvalue weighted by Crippen LogP contribution is 2.24. The second-order valence-electron chi connectivity index (χ2n) is 5.83. The van der Waals surface area contributed by atoms with Crippen molar-refractivity contribution in [3.63, 3.8) is 0 Å². The number of rotatable bonds is 8. The Hall–Kier alpha value is -2.00. The third-order valence-corrected chi connectivity index (χ3v) is 6.00. The summed E-state index contributed by atoms with van der Waals surface area (Å²) in [6, 6.07) is -0.0867. The van der Waals surface area contributed by atoms with Crippen LogP contribution in [-0.4, -0.2) is 35.0 Å². The van der Waals surface area contributed by atoms with E-state index in [4.69, 9.17) is 4.74 Å².